The van der Waals surface area contributed by atoms with E-state index < -0.39 is 0 Å². The fourth-order valence-electron chi connectivity index (χ4n) is 3.86. The van der Waals surface area contributed by atoms with Crippen molar-refractivity contribution in [1.29, 1.82) is 0 Å². The van der Waals surface area contributed by atoms with Crippen molar-refractivity contribution >= 4 is 22.5 Å². The minimum absolute atomic E-state index is 0.0553. The van der Waals surface area contributed by atoms with Gasteiger partial charge in [-0.05, 0) is 79.9 Å². The van der Waals surface area contributed by atoms with Crippen LogP contribution in [0.2, 0.25) is 5.02 Å². The maximum Gasteiger partial charge on any atom is 0.261 e. The number of benzene rings is 3. The lowest BCUT2D eigenvalue weighted by Crippen LogP contribution is -2.24. The molecular weight excluding hydrogens is 424 g/mol. The Morgan fingerprint density at radius 3 is 2.38 bits per heavy atom. The van der Waals surface area contributed by atoms with Gasteiger partial charge in [-0.15, -0.1) is 0 Å². The van der Waals surface area contributed by atoms with E-state index in [0.717, 1.165) is 28.2 Å². The van der Waals surface area contributed by atoms with E-state index in [1.54, 1.807) is 11.7 Å². The summed E-state index contributed by atoms with van der Waals surface area (Å²) in [6.07, 6.45) is 0.657. The van der Waals surface area contributed by atoms with Crippen LogP contribution in [0.5, 0.6) is 11.5 Å². The fourth-order valence-corrected chi connectivity index (χ4v) is 4.19. The summed E-state index contributed by atoms with van der Waals surface area (Å²) in [5.41, 5.74) is 3.49. The quantitative estimate of drug-likeness (QED) is 0.335. The average molecular weight is 449 g/mol. The maximum absolute atomic E-state index is 13.3. The van der Waals surface area contributed by atoms with Gasteiger partial charge >= 0.3 is 0 Å². The highest BCUT2D eigenvalue weighted by Gasteiger charge is 2.13. The largest absolute Gasteiger partial charge is 0.497 e. The van der Waals surface area contributed by atoms with Crippen LogP contribution < -0.4 is 15.0 Å². The van der Waals surface area contributed by atoms with E-state index in [9.17, 15) is 4.79 Å². The highest BCUT2D eigenvalue weighted by Crippen LogP contribution is 2.27. The van der Waals surface area contributed by atoms with Crippen molar-refractivity contribution in [2.24, 2.45) is 0 Å². The molecule has 0 aliphatic carbocycles. The molecule has 6 heteroatoms. The molecule has 0 radical (unpaired) electrons. The van der Waals surface area contributed by atoms with E-state index >= 15 is 0 Å². The summed E-state index contributed by atoms with van der Waals surface area (Å²) >= 11 is 6.11. The van der Waals surface area contributed by atoms with Crippen LogP contribution in [0, 0.1) is 13.8 Å². The molecule has 0 aliphatic heterocycles. The van der Waals surface area contributed by atoms with Crippen molar-refractivity contribution in [1.82, 2.24) is 9.55 Å². The Morgan fingerprint density at radius 1 is 1.00 bits per heavy atom. The molecule has 0 amide bonds. The van der Waals surface area contributed by atoms with Crippen molar-refractivity contribution in [2.45, 2.75) is 26.8 Å². The molecule has 0 saturated carbocycles. The van der Waals surface area contributed by atoms with Gasteiger partial charge in [0.1, 0.15) is 17.3 Å². The van der Waals surface area contributed by atoms with E-state index in [1.807, 2.05) is 74.5 Å². The van der Waals surface area contributed by atoms with E-state index in [4.69, 9.17) is 26.1 Å². The number of hydrogen-bond donors (Lipinski definition) is 0. The van der Waals surface area contributed by atoms with Gasteiger partial charge in [-0.3, -0.25) is 9.36 Å². The Labute approximate surface area is 192 Å². The van der Waals surface area contributed by atoms with Gasteiger partial charge in [0.2, 0.25) is 0 Å². The summed E-state index contributed by atoms with van der Waals surface area (Å²) in [6, 6.07) is 18.8. The Hall–Kier alpha value is -3.31. The number of aromatic nitrogens is 2. The number of halogens is 1. The molecule has 0 fully saturated rings. The zero-order chi connectivity index (χ0) is 22.7. The van der Waals surface area contributed by atoms with Gasteiger partial charge < -0.3 is 9.47 Å². The molecule has 164 valence electrons. The summed E-state index contributed by atoms with van der Waals surface area (Å²) in [7, 11) is 1.63. The van der Waals surface area contributed by atoms with Gasteiger partial charge in [0, 0.05) is 17.1 Å². The first-order chi connectivity index (χ1) is 15.5. The molecule has 0 spiro atoms. The van der Waals surface area contributed by atoms with Gasteiger partial charge in [0.05, 0.1) is 24.6 Å². The first-order valence-corrected chi connectivity index (χ1v) is 10.9. The molecule has 1 aromatic heterocycles. The molecule has 4 rings (SSSR count). The van der Waals surface area contributed by atoms with Crippen LogP contribution in [-0.4, -0.2) is 23.3 Å². The summed E-state index contributed by atoms with van der Waals surface area (Å²) in [4.78, 5) is 18.1. The van der Waals surface area contributed by atoms with Crippen LogP contribution in [0.3, 0.4) is 0 Å². The van der Waals surface area contributed by atoms with Crippen molar-refractivity contribution in [2.75, 3.05) is 13.7 Å². The highest BCUT2D eigenvalue weighted by atomic mass is 35.5. The third kappa shape index (κ3) is 4.48. The molecule has 0 atom stereocenters. The maximum atomic E-state index is 13.3. The smallest absolute Gasteiger partial charge is 0.261 e. The predicted molar refractivity (Wildman–Crippen MR) is 129 cm³/mol. The number of rotatable bonds is 7. The molecule has 0 bridgehead atoms. The second kappa shape index (κ2) is 9.45. The first kappa shape index (κ1) is 21.9. The molecule has 32 heavy (non-hydrogen) atoms. The lowest BCUT2D eigenvalue weighted by atomic mass is 10.1. The molecule has 1 heterocycles. The van der Waals surface area contributed by atoms with Crippen LogP contribution >= 0.6 is 11.6 Å². The fraction of sp³-hybridized carbons (Fsp3) is 0.231. The minimum Gasteiger partial charge on any atom is -0.497 e. The van der Waals surface area contributed by atoms with E-state index in [0.29, 0.717) is 41.3 Å². The number of para-hydroxylation sites is 1. The zero-order valence-corrected chi connectivity index (χ0v) is 19.1. The Bertz CT molecular complexity index is 1290. The Kier molecular flexibility index (Phi) is 6.47. The lowest BCUT2D eigenvalue weighted by Gasteiger charge is -2.16. The molecule has 0 unspecified atom stereocenters. The van der Waals surface area contributed by atoms with Crippen molar-refractivity contribution in [3.63, 3.8) is 0 Å². The second-order valence-electron chi connectivity index (χ2n) is 7.71. The molecule has 0 N–H and O–H groups in total. The molecule has 5 nitrogen and oxygen atoms in total. The normalized spacial score (nSPS) is 11.0. The number of nitrogens with zero attached hydrogens (tertiary/aromatic N) is 2. The van der Waals surface area contributed by atoms with Crippen molar-refractivity contribution < 1.29 is 9.47 Å². The minimum atomic E-state index is -0.0553. The predicted octanol–water partition coefficient (Wildman–Crippen LogP) is 5.81. The van der Waals surface area contributed by atoms with Gasteiger partial charge in [0.15, 0.2) is 0 Å². The molecule has 3 aromatic carbocycles. The highest BCUT2D eigenvalue weighted by molar-refractivity contribution is 6.30. The number of methoxy groups -OCH3 is 1. The van der Waals surface area contributed by atoms with E-state index in [1.165, 1.54) is 0 Å². The summed E-state index contributed by atoms with van der Waals surface area (Å²) in [5.74, 6) is 2.23. The number of hydrogen-bond acceptors (Lipinski definition) is 4. The van der Waals surface area contributed by atoms with E-state index in [2.05, 4.69) is 0 Å². The number of ether oxygens (including phenoxy) is 2. The second-order valence-corrected chi connectivity index (χ2v) is 8.15. The third-order valence-electron chi connectivity index (χ3n) is 5.41. The number of fused-ring (bicyclic) bond motifs is 1. The monoisotopic (exact) mass is 448 g/mol. The average Bonchev–Trinajstić information content (AvgIpc) is 2.79. The van der Waals surface area contributed by atoms with Crippen LogP contribution in [0.4, 0.5) is 0 Å². The van der Waals surface area contributed by atoms with Gasteiger partial charge in [-0.2, -0.15) is 0 Å². The lowest BCUT2D eigenvalue weighted by molar-refractivity contribution is 0.297. The molecule has 0 saturated heterocycles. The standard InChI is InChI=1S/C26H25ClN2O3/c1-17-15-20(27)16-18(2)24(17)32-14-6-13-29-25(19-9-11-21(31-3)12-10-19)28-23-8-5-4-7-22(23)26(29)30/h4-5,7-12,15-16H,6,13-14H2,1-3H3. The molecule has 4 aromatic rings. The Balaban J connectivity index is 1.62. The Morgan fingerprint density at radius 2 is 1.69 bits per heavy atom. The van der Waals surface area contributed by atoms with E-state index in [-0.39, 0.29) is 5.56 Å². The zero-order valence-electron chi connectivity index (χ0n) is 18.4. The van der Waals surface area contributed by atoms with Gasteiger partial charge in [0.25, 0.3) is 5.56 Å². The first-order valence-electron chi connectivity index (χ1n) is 10.5. The van der Waals surface area contributed by atoms with Crippen LogP contribution in [0.1, 0.15) is 17.5 Å². The van der Waals surface area contributed by atoms with Crippen LogP contribution in [0.25, 0.3) is 22.3 Å². The van der Waals surface area contributed by atoms with Crippen molar-refractivity contribution in [3.8, 4) is 22.9 Å². The van der Waals surface area contributed by atoms with Crippen LogP contribution in [0.15, 0.2) is 65.5 Å². The summed E-state index contributed by atoms with van der Waals surface area (Å²) in [6.45, 7) is 4.93. The summed E-state index contributed by atoms with van der Waals surface area (Å²) in [5, 5.41) is 1.31. The van der Waals surface area contributed by atoms with Gasteiger partial charge in [-0.1, -0.05) is 23.7 Å². The van der Waals surface area contributed by atoms with Gasteiger partial charge in [-0.25, -0.2) is 4.98 Å². The molecule has 0 aliphatic rings. The van der Waals surface area contributed by atoms with Crippen molar-refractivity contribution in [3.05, 3.63) is 87.2 Å². The topological polar surface area (TPSA) is 53.3 Å². The summed E-state index contributed by atoms with van der Waals surface area (Å²) < 4.78 is 13.0. The number of aryl methyl sites for hydroxylation is 2. The third-order valence-corrected chi connectivity index (χ3v) is 5.63. The van der Waals surface area contributed by atoms with Crippen LogP contribution in [-0.2, 0) is 6.54 Å². The molecular formula is C26H25ClN2O3. The SMILES string of the molecule is COc1ccc(-c2nc3ccccc3c(=O)n2CCCOc2c(C)cc(Cl)cc2C)cc1.